The third-order valence-corrected chi connectivity index (χ3v) is 4.16. The van der Waals surface area contributed by atoms with Crippen molar-refractivity contribution in [2.45, 2.75) is 45.2 Å². The van der Waals surface area contributed by atoms with Crippen LogP contribution in [0.1, 0.15) is 31.7 Å². The molecule has 1 saturated carbocycles. The van der Waals surface area contributed by atoms with Crippen LogP contribution in [0.4, 0.5) is 5.69 Å². The summed E-state index contributed by atoms with van der Waals surface area (Å²) in [4.78, 5) is 7.01. The highest BCUT2D eigenvalue weighted by Gasteiger charge is 2.26. The molecule has 1 unspecified atom stereocenters. The number of hydrogen-bond acceptors (Lipinski definition) is 2. The van der Waals surface area contributed by atoms with Crippen LogP contribution in [0, 0.1) is 6.92 Å². The van der Waals surface area contributed by atoms with Gasteiger partial charge in [0, 0.05) is 37.4 Å². The number of aliphatic imine (C=N–C) groups is 1. The summed E-state index contributed by atoms with van der Waals surface area (Å²) < 4.78 is 0. The number of benzene rings is 1. The molecule has 2 fully saturated rings. The summed E-state index contributed by atoms with van der Waals surface area (Å²) in [5.74, 6) is 0.996. The van der Waals surface area contributed by atoms with Gasteiger partial charge in [-0.3, -0.25) is 4.99 Å². The second-order valence-corrected chi connectivity index (χ2v) is 6.15. The summed E-state index contributed by atoms with van der Waals surface area (Å²) in [5, 5.41) is 7.10. The Bertz CT molecular complexity index is 490. The maximum atomic E-state index is 4.55. The number of guanidine groups is 1. The lowest BCUT2D eigenvalue weighted by Crippen LogP contribution is -2.45. The van der Waals surface area contributed by atoms with Crippen molar-refractivity contribution >= 4 is 11.6 Å². The highest BCUT2D eigenvalue weighted by atomic mass is 15.3. The van der Waals surface area contributed by atoms with Gasteiger partial charge >= 0.3 is 0 Å². The third-order valence-electron chi connectivity index (χ3n) is 4.16. The molecular weight excluding hydrogens is 260 g/mol. The molecule has 4 nitrogen and oxygen atoms in total. The summed E-state index contributed by atoms with van der Waals surface area (Å²) in [6, 6.07) is 9.96. The van der Waals surface area contributed by atoms with E-state index in [9.17, 15) is 0 Å². The Labute approximate surface area is 127 Å². The molecule has 0 amide bonds. The van der Waals surface area contributed by atoms with Gasteiger partial charge in [0.05, 0.1) is 0 Å². The van der Waals surface area contributed by atoms with Crippen molar-refractivity contribution in [1.29, 1.82) is 0 Å². The molecule has 2 N–H and O–H groups in total. The minimum Gasteiger partial charge on any atom is -0.369 e. The summed E-state index contributed by atoms with van der Waals surface area (Å²) in [6.45, 7) is 7.22. The fraction of sp³-hybridized carbons (Fsp3) is 0.588. The van der Waals surface area contributed by atoms with Crippen LogP contribution >= 0.6 is 0 Å². The van der Waals surface area contributed by atoms with Gasteiger partial charge in [-0.25, -0.2) is 0 Å². The zero-order valence-corrected chi connectivity index (χ0v) is 13.1. The van der Waals surface area contributed by atoms with E-state index < -0.39 is 0 Å². The average Bonchev–Trinajstić information content (AvgIpc) is 3.16. The Kier molecular flexibility index (Phi) is 4.32. The van der Waals surface area contributed by atoms with Gasteiger partial charge in [-0.2, -0.15) is 0 Å². The number of aryl methyl sites for hydroxylation is 1. The predicted molar refractivity (Wildman–Crippen MR) is 89.1 cm³/mol. The molecule has 0 radical (unpaired) electrons. The molecule has 1 aliphatic heterocycles. The van der Waals surface area contributed by atoms with Crippen LogP contribution in [-0.4, -0.2) is 37.7 Å². The van der Waals surface area contributed by atoms with Crippen LogP contribution in [-0.2, 0) is 0 Å². The Morgan fingerprint density at radius 3 is 2.52 bits per heavy atom. The number of rotatable bonds is 4. The van der Waals surface area contributed by atoms with Crippen molar-refractivity contribution in [2.24, 2.45) is 4.99 Å². The van der Waals surface area contributed by atoms with Gasteiger partial charge in [0.25, 0.3) is 0 Å². The molecule has 1 aliphatic carbocycles. The van der Waals surface area contributed by atoms with Crippen molar-refractivity contribution < 1.29 is 0 Å². The van der Waals surface area contributed by atoms with E-state index in [0.717, 1.165) is 25.6 Å². The fourth-order valence-corrected chi connectivity index (χ4v) is 2.77. The lowest BCUT2D eigenvalue weighted by Gasteiger charge is -2.20. The molecule has 0 aromatic heterocycles. The maximum Gasteiger partial charge on any atom is 0.191 e. The Hall–Kier alpha value is -1.71. The standard InChI is InChI=1S/C17H26N4/c1-3-18-17(19-14-6-7-14)20-15-10-11-21(12-15)16-8-4-13(2)5-9-16/h4-5,8-9,14-15H,3,6-7,10-12H2,1-2H3,(H2,18,19,20). The summed E-state index contributed by atoms with van der Waals surface area (Å²) in [6.07, 6.45) is 3.73. The summed E-state index contributed by atoms with van der Waals surface area (Å²) in [7, 11) is 0. The van der Waals surface area contributed by atoms with E-state index in [1.54, 1.807) is 0 Å². The van der Waals surface area contributed by atoms with Crippen molar-refractivity contribution in [3.63, 3.8) is 0 Å². The lowest BCUT2D eigenvalue weighted by atomic mass is 10.2. The molecule has 1 aromatic carbocycles. The highest BCUT2D eigenvalue weighted by molar-refractivity contribution is 5.80. The number of anilines is 1. The maximum absolute atomic E-state index is 4.55. The molecule has 1 heterocycles. The van der Waals surface area contributed by atoms with E-state index >= 15 is 0 Å². The van der Waals surface area contributed by atoms with Gasteiger partial charge in [-0.1, -0.05) is 17.7 Å². The van der Waals surface area contributed by atoms with E-state index in [1.807, 2.05) is 0 Å². The summed E-state index contributed by atoms with van der Waals surface area (Å²) >= 11 is 0. The van der Waals surface area contributed by atoms with E-state index in [1.165, 1.54) is 30.5 Å². The van der Waals surface area contributed by atoms with Crippen LogP contribution in [0.15, 0.2) is 29.3 Å². The minimum absolute atomic E-state index is 0.489. The van der Waals surface area contributed by atoms with Crippen molar-refractivity contribution in [2.75, 3.05) is 24.5 Å². The van der Waals surface area contributed by atoms with Gasteiger partial charge in [0.15, 0.2) is 5.96 Å². The number of hydrogen-bond donors (Lipinski definition) is 2. The van der Waals surface area contributed by atoms with Gasteiger partial charge in [-0.15, -0.1) is 0 Å². The van der Waals surface area contributed by atoms with Crippen LogP contribution in [0.25, 0.3) is 0 Å². The molecule has 2 aliphatic rings. The zero-order chi connectivity index (χ0) is 14.7. The molecule has 0 spiro atoms. The van der Waals surface area contributed by atoms with Crippen LogP contribution in [0.2, 0.25) is 0 Å². The van der Waals surface area contributed by atoms with Gasteiger partial charge in [0.2, 0.25) is 0 Å². The molecule has 3 rings (SSSR count). The molecular formula is C17H26N4. The average molecular weight is 286 g/mol. The van der Waals surface area contributed by atoms with Crippen LogP contribution in [0.5, 0.6) is 0 Å². The van der Waals surface area contributed by atoms with E-state index in [4.69, 9.17) is 0 Å². The van der Waals surface area contributed by atoms with E-state index in [0.29, 0.717) is 12.1 Å². The monoisotopic (exact) mass is 286 g/mol. The molecule has 1 saturated heterocycles. The topological polar surface area (TPSA) is 39.7 Å². The molecule has 21 heavy (non-hydrogen) atoms. The molecule has 114 valence electrons. The molecule has 1 aromatic rings. The first-order valence-corrected chi connectivity index (χ1v) is 8.13. The molecule has 4 heteroatoms. The largest absolute Gasteiger partial charge is 0.369 e. The Balaban J connectivity index is 1.55. The van der Waals surface area contributed by atoms with E-state index in [2.05, 4.69) is 58.6 Å². The third kappa shape index (κ3) is 3.90. The highest BCUT2D eigenvalue weighted by Crippen LogP contribution is 2.21. The van der Waals surface area contributed by atoms with Crippen LogP contribution in [0.3, 0.4) is 0 Å². The molecule has 0 bridgehead atoms. The first-order chi connectivity index (χ1) is 10.2. The van der Waals surface area contributed by atoms with Gasteiger partial charge in [-0.05, 0) is 45.2 Å². The quantitative estimate of drug-likeness (QED) is 0.659. The van der Waals surface area contributed by atoms with Crippen molar-refractivity contribution in [3.05, 3.63) is 29.8 Å². The fourth-order valence-electron chi connectivity index (χ4n) is 2.77. The predicted octanol–water partition coefficient (Wildman–Crippen LogP) is 2.29. The van der Waals surface area contributed by atoms with Crippen molar-refractivity contribution in [3.8, 4) is 0 Å². The minimum atomic E-state index is 0.489. The summed E-state index contributed by atoms with van der Waals surface area (Å²) in [5.41, 5.74) is 2.65. The smallest absolute Gasteiger partial charge is 0.191 e. The van der Waals surface area contributed by atoms with Gasteiger partial charge in [0.1, 0.15) is 0 Å². The van der Waals surface area contributed by atoms with Crippen LogP contribution < -0.4 is 15.5 Å². The first-order valence-electron chi connectivity index (χ1n) is 8.13. The SMILES string of the molecule is CCN=C(NC1CC1)NC1CCN(c2ccc(C)cc2)C1. The zero-order valence-electron chi connectivity index (χ0n) is 13.1. The van der Waals surface area contributed by atoms with Crippen molar-refractivity contribution in [1.82, 2.24) is 10.6 Å². The second-order valence-electron chi connectivity index (χ2n) is 6.15. The lowest BCUT2D eigenvalue weighted by molar-refractivity contribution is 0.646. The molecule has 1 atom stereocenters. The van der Waals surface area contributed by atoms with E-state index in [-0.39, 0.29) is 0 Å². The normalized spacial score (nSPS) is 22.5. The first kappa shape index (κ1) is 14.2. The Morgan fingerprint density at radius 1 is 1.14 bits per heavy atom. The second kappa shape index (κ2) is 6.37. The van der Waals surface area contributed by atoms with Gasteiger partial charge < -0.3 is 15.5 Å². The number of nitrogens with one attached hydrogen (secondary N) is 2. The number of nitrogens with zero attached hydrogens (tertiary/aromatic N) is 2. The Morgan fingerprint density at radius 2 is 1.86 bits per heavy atom.